The molecule has 0 amide bonds. The molecule has 130 valence electrons. The molecule has 2 heterocycles. The molecular formula is C19H19ClN2O3. The molecule has 0 aliphatic rings. The lowest BCUT2D eigenvalue weighted by molar-refractivity contribution is 0.0690. The fraction of sp³-hybridized carbons (Fsp3) is 0.263. The molecule has 0 unspecified atom stereocenters. The first-order chi connectivity index (χ1) is 11.9. The third kappa shape index (κ3) is 3.33. The lowest BCUT2D eigenvalue weighted by Crippen LogP contribution is -2.04. The van der Waals surface area contributed by atoms with E-state index in [0.717, 1.165) is 22.2 Å². The topological polar surface area (TPSA) is 75.2 Å². The van der Waals surface area contributed by atoms with Crippen molar-refractivity contribution in [2.75, 3.05) is 7.11 Å². The number of aromatic carboxylic acids is 1. The average molecular weight is 359 g/mol. The number of H-pyrrole nitrogens is 1. The summed E-state index contributed by atoms with van der Waals surface area (Å²) in [4.78, 5) is 18.8. The van der Waals surface area contributed by atoms with E-state index in [9.17, 15) is 4.79 Å². The summed E-state index contributed by atoms with van der Waals surface area (Å²) in [6.45, 7) is 4.21. The number of carboxylic acid groups (broad SMARTS) is 1. The van der Waals surface area contributed by atoms with Crippen molar-refractivity contribution >= 4 is 28.5 Å². The van der Waals surface area contributed by atoms with Crippen molar-refractivity contribution in [3.05, 3.63) is 58.0 Å². The number of benzene rings is 1. The fourth-order valence-electron chi connectivity index (χ4n) is 2.99. The van der Waals surface area contributed by atoms with Gasteiger partial charge in [0.15, 0.2) is 0 Å². The van der Waals surface area contributed by atoms with Crippen molar-refractivity contribution < 1.29 is 14.6 Å². The quantitative estimate of drug-likeness (QED) is 0.696. The van der Waals surface area contributed by atoms with E-state index in [2.05, 4.69) is 23.8 Å². The first-order valence-electron chi connectivity index (χ1n) is 7.98. The van der Waals surface area contributed by atoms with Gasteiger partial charge in [0, 0.05) is 34.8 Å². The van der Waals surface area contributed by atoms with Crippen molar-refractivity contribution in [1.82, 2.24) is 9.97 Å². The van der Waals surface area contributed by atoms with Gasteiger partial charge in [-0.2, -0.15) is 0 Å². The molecule has 0 atom stereocenters. The maximum atomic E-state index is 11.2. The molecule has 5 nitrogen and oxygen atoms in total. The van der Waals surface area contributed by atoms with Crippen LogP contribution in [0, 0.1) is 0 Å². The standard InChI is InChI=1S/C19H19ClN2O3/c1-10(2)18-13(7-11-5-4-6-15(21-11)19(23)24)12-8-14(20)17(25-3)9-16(12)22-18/h4-6,8-10,22H,7H2,1-3H3,(H,23,24). The highest BCUT2D eigenvalue weighted by Gasteiger charge is 2.18. The summed E-state index contributed by atoms with van der Waals surface area (Å²) in [6, 6.07) is 8.81. The Hall–Kier alpha value is -2.53. The van der Waals surface area contributed by atoms with Crippen molar-refractivity contribution in [3.8, 4) is 5.75 Å². The Morgan fingerprint density at radius 1 is 1.36 bits per heavy atom. The van der Waals surface area contributed by atoms with E-state index in [0.29, 0.717) is 22.9 Å². The van der Waals surface area contributed by atoms with Gasteiger partial charge in [0.2, 0.25) is 0 Å². The van der Waals surface area contributed by atoms with E-state index in [-0.39, 0.29) is 11.6 Å². The van der Waals surface area contributed by atoms with Crippen LogP contribution in [0.1, 0.15) is 47.2 Å². The second-order valence-corrected chi connectivity index (χ2v) is 6.61. The maximum absolute atomic E-state index is 11.2. The molecule has 0 aliphatic carbocycles. The molecule has 0 aliphatic heterocycles. The predicted molar refractivity (Wildman–Crippen MR) is 98.0 cm³/mol. The Balaban J connectivity index is 2.13. The highest BCUT2D eigenvalue weighted by Crippen LogP contribution is 2.35. The van der Waals surface area contributed by atoms with Gasteiger partial charge in [0.1, 0.15) is 11.4 Å². The summed E-state index contributed by atoms with van der Waals surface area (Å²) in [5, 5.41) is 10.7. The number of carboxylic acids is 1. The summed E-state index contributed by atoms with van der Waals surface area (Å²) < 4.78 is 5.29. The Morgan fingerprint density at radius 3 is 2.76 bits per heavy atom. The number of halogens is 1. The number of hydrogen-bond donors (Lipinski definition) is 2. The van der Waals surface area contributed by atoms with E-state index in [4.69, 9.17) is 21.4 Å². The molecule has 0 radical (unpaired) electrons. The van der Waals surface area contributed by atoms with E-state index in [1.165, 1.54) is 6.07 Å². The van der Waals surface area contributed by atoms with E-state index in [1.54, 1.807) is 13.2 Å². The number of ether oxygens (including phenoxy) is 1. The highest BCUT2D eigenvalue weighted by atomic mass is 35.5. The van der Waals surface area contributed by atoms with Gasteiger partial charge in [0.25, 0.3) is 0 Å². The van der Waals surface area contributed by atoms with Gasteiger partial charge in [0.05, 0.1) is 12.1 Å². The zero-order valence-corrected chi connectivity index (χ0v) is 15.0. The summed E-state index contributed by atoms with van der Waals surface area (Å²) in [7, 11) is 1.58. The summed E-state index contributed by atoms with van der Waals surface area (Å²) in [5.41, 5.74) is 3.85. The molecule has 2 aromatic heterocycles. The van der Waals surface area contributed by atoms with Crippen LogP contribution < -0.4 is 4.74 Å². The van der Waals surface area contributed by atoms with Gasteiger partial charge in [-0.05, 0) is 29.7 Å². The van der Waals surface area contributed by atoms with Crippen LogP contribution in [0.2, 0.25) is 5.02 Å². The predicted octanol–water partition coefficient (Wildman–Crippen LogP) is 4.64. The normalized spacial score (nSPS) is 11.2. The van der Waals surface area contributed by atoms with Gasteiger partial charge in [-0.1, -0.05) is 31.5 Å². The fourth-order valence-corrected chi connectivity index (χ4v) is 3.23. The molecule has 0 saturated carbocycles. The molecule has 2 N–H and O–H groups in total. The molecule has 0 spiro atoms. The molecule has 0 saturated heterocycles. The molecule has 0 fully saturated rings. The summed E-state index contributed by atoms with van der Waals surface area (Å²) in [5.74, 6) is -0.143. The molecule has 6 heteroatoms. The minimum absolute atomic E-state index is 0.0446. The van der Waals surface area contributed by atoms with Crippen LogP contribution in [0.3, 0.4) is 0 Å². The van der Waals surface area contributed by atoms with Crippen molar-refractivity contribution in [2.24, 2.45) is 0 Å². The second-order valence-electron chi connectivity index (χ2n) is 6.20. The number of nitrogens with one attached hydrogen (secondary N) is 1. The Morgan fingerprint density at radius 2 is 2.12 bits per heavy atom. The van der Waals surface area contributed by atoms with Crippen LogP contribution in [0.4, 0.5) is 0 Å². The van der Waals surface area contributed by atoms with E-state index >= 15 is 0 Å². The molecule has 1 aromatic carbocycles. The zero-order chi connectivity index (χ0) is 18.1. The number of aromatic nitrogens is 2. The highest BCUT2D eigenvalue weighted by molar-refractivity contribution is 6.32. The number of aromatic amines is 1. The number of hydrogen-bond acceptors (Lipinski definition) is 3. The van der Waals surface area contributed by atoms with Gasteiger partial charge < -0.3 is 14.8 Å². The lowest BCUT2D eigenvalue weighted by Gasteiger charge is -2.08. The zero-order valence-electron chi connectivity index (χ0n) is 14.3. The van der Waals surface area contributed by atoms with Crippen LogP contribution in [-0.2, 0) is 6.42 Å². The smallest absolute Gasteiger partial charge is 0.354 e. The van der Waals surface area contributed by atoms with Crippen molar-refractivity contribution in [3.63, 3.8) is 0 Å². The van der Waals surface area contributed by atoms with Crippen LogP contribution in [0.15, 0.2) is 30.3 Å². The summed E-state index contributed by atoms with van der Waals surface area (Å²) >= 11 is 6.30. The van der Waals surface area contributed by atoms with Gasteiger partial charge >= 0.3 is 5.97 Å². The molecule has 0 bridgehead atoms. The van der Waals surface area contributed by atoms with E-state index < -0.39 is 5.97 Å². The SMILES string of the molecule is COc1cc2[nH]c(C(C)C)c(Cc3cccc(C(=O)O)n3)c2cc1Cl. The van der Waals surface area contributed by atoms with E-state index in [1.807, 2.05) is 18.2 Å². The van der Waals surface area contributed by atoms with Crippen LogP contribution in [0.25, 0.3) is 10.9 Å². The largest absolute Gasteiger partial charge is 0.495 e. The Bertz CT molecular complexity index is 947. The number of rotatable bonds is 5. The summed E-state index contributed by atoms with van der Waals surface area (Å²) in [6.07, 6.45) is 0.525. The first-order valence-corrected chi connectivity index (χ1v) is 8.35. The molecule has 3 aromatic rings. The second kappa shape index (κ2) is 6.76. The minimum atomic E-state index is -1.03. The third-order valence-corrected chi connectivity index (χ3v) is 4.47. The minimum Gasteiger partial charge on any atom is -0.495 e. The number of pyridine rings is 1. The number of nitrogens with zero attached hydrogens (tertiary/aromatic N) is 1. The number of fused-ring (bicyclic) bond motifs is 1. The average Bonchev–Trinajstić information content (AvgIpc) is 2.92. The third-order valence-electron chi connectivity index (χ3n) is 4.17. The van der Waals surface area contributed by atoms with Gasteiger partial charge in [-0.15, -0.1) is 0 Å². The van der Waals surface area contributed by atoms with Crippen LogP contribution >= 0.6 is 11.6 Å². The maximum Gasteiger partial charge on any atom is 0.354 e. The Kier molecular flexibility index (Phi) is 4.68. The monoisotopic (exact) mass is 358 g/mol. The van der Waals surface area contributed by atoms with Gasteiger partial charge in [-0.3, -0.25) is 0 Å². The molecular weight excluding hydrogens is 340 g/mol. The van der Waals surface area contributed by atoms with Crippen molar-refractivity contribution in [1.29, 1.82) is 0 Å². The molecule has 3 rings (SSSR count). The van der Waals surface area contributed by atoms with Gasteiger partial charge in [-0.25, -0.2) is 9.78 Å². The number of carbonyl (C=O) groups is 1. The first kappa shape index (κ1) is 17.3. The lowest BCUT2D eigenvalue weighted by atomic mass is 9.99. The van der Waals surface area contributed by atoms with Crippen LogP contribution in [-0.4, -0.2) is 28.2 Å². The molecule has 25 heavy (non-hydrogen) atoms. The number of methoxy groups -OCH3 is 1. The van der Waals surface area contributed by atoms with Crippen molar-refractivity contribution in [2.45, 2.75) is 26.2 Å². The van der Waals surface area contributed by atoms with Crippen LogP contribution in [0.5, 0.6) is 5.75 Å². The Labute approximate surface area is 150 Å².